The molecule has 2 aromatic rings. The van der Waals surface area contributed by atoms with Crippen LogP contribution in [-0.2, 0) is 6.42 Å². The van der Waals surface area contributed by atoms with Crippen LogP contribution in [0.3, 0.4) is 0 Å². The topological polar surface area (TPSA) is 6.48 Å². The number of hydrogen-bond acceptors (Lipinski definition) is 2. The molecule has 1 aliphatic heterocycles. The van der Waals surface area contributed by atoms with Crippen LogP contribution in [0, 0.1) is 0 Å². The Hall–Kier alpha value is -1.38. The predicted molar refractivity (Wildman–Crippen MR) is 123 cm³/mol. The van der Waals surface area contributed by atoms with Gasteiger partial charge in [0.1, 0.15) is 10.3 Å². The molecule has 0 radical (unpaired) electrons. The lowest BCUT2D eigenvalue weighted by Crippen LogP contribution is -2.29. The molecule has 2 aromatic carbocycles. The zero-order chi connectivity index (χ0) is 19.8. The molecule has 3 rings (SSSR count). The highest BCUT2D eigenvalue weighted by atomic mass is 35.5. The van der Waals surface area contributed by atoms with Crippen LogP contribution in [-0.4, -0.2) is 29.6 Å². The van der Waals surface area contributed by atoms with Gasteiger partial charge in [-0.1, -0.05) is 111 Å². The average Bonchev–Trinajstić information content (AvgIpc) is 2.99. The van der Waals surface area contributed by atoms with Gasteiger partial charge < -0.3 is 9.80 Å². The second kappa shape index (κ2) is 11.0. The Kier molecular flexibility index (Phi) is 8.36. The number of hydrogen-bond donors (Lipinski definition) is 0. The highest BCUT2D eigenvalue weighted by Gasteiger charge is 2.26. The first-order valence-electron chi connectivity index (χ1n) is 10.7. The molecule has 0 bridgehead atoms. The smallest absolute Gasteiger partial charge is 0.141 e. The van der Waals surface area contributed by atoms with E-state index in [0.717, 1.165) is 26.2 Å². The highest BCUT2D eigenvalue weighted by molar-refractivity contribution is 6.38. The summed E-state index contributed by atoms with van der Waals surface area (Å²) in [5.74, 6) is 0. The summed E-state index contributed by atoms with van der Waals surface area (Å²) in [6.07, 6.45) is 10.1. The first-order valence-corrected chi connectivity index (χ1v) is 11.5. The van der Waals surface area contributed by atoms with Gasteiger partial charge in [0.25, 0.3) is 0 Å². The molecule has 1 aliphatic rings. The van der Waals surface area contributed by atoms with Crippen molar-refractivity contribution < 1.29 is 0 Å². The van der Waals surface area contributed by atoms with Crippen LogP contribution in [0.25, 0.3) is 10.8 Å². The third-order valence-electron chi connectivity index (χ3n) is 5.63. The normalized spacial score (nSPS) is 14.5. The van der Waals surface area contributed by atoms with Gasteiger partial charge in [-0.05, 0) is 29.2 Å². The van der Waals surface area contributed by atoms with E-state index < -0.39 is 0 Å². The Morgan fingerprint density at radius 1 is 0.750 bits per heavy atom. The van der Waals surface area contributed by atoms with E-state index in [9.17, 15) is 0 Å². The molecule has 4 heteroatoms. The summed E-state index contributed by atoms with van der Waals surface area (Å²) in [5.41, 5.74) is 1.37. The molecule has 0 N–H and O–H groups in total. The van der Waals surface area contributed by atoms with Crippen LogP contribution in [0.5, 0.6) is 0 Å². The fraction of sp³-hybridized carbons (Fsp3) is 0.500. The third kappa shape index (κ3) is 5.58. The number of fused-ring (bicyclic) bond motifs is 1. The van der Waals surface area contributed by atoms with E-state index >= 15 is 0 Å². The molecule has 1 heterocycles. The van der Waals surface area contributed by atoms with Crippen LogP contribution in [0.4, 0.5) is 0 Å². The van der Waals surface area contributed by atoms with Crippen molar-refractivity contribution in [2.75, 3.05) is 19.8 Å². The number of benzene rings is 2. The first kappa shape index (κ1) is 21.3. The molecule has 0 aromatic heterocycles. The maximum absolute atomic E-state index is 6.54. The van der Waals surface area contributed by atoms with Gasteiger partial charge >= 0.3 is 0 Å². The fourth-order valence-corrected chi connectivity index (χ4v) is 4.47. The number of unbranched alkanes of at least 4 members (excludes halogenated alkanes) is 6. The van der Waals surface area contributed by atoms with Crippen LogP contribution in [0.2, 0.25) is 0 Å². The van der Waals surface area contributed by atoms with E-state index in [1.54, 1.807) is 0 Å². The van der Waals surface area contributed by atoms with Crippen molar-refractivity contribution in [1.29, 1.82) is 0 Å². The SMILES string of the molecule is CCCCCCCCCN1CN(CCc2cccc3ccccc23)C(Cl)=C1Cl. The van der Waals surface area contributed by atoms with Crippen LogP contribution < -0.4 is 0 Å². The average molecular weight is 419 g/mol. The van der Waals surface area contributed by atoms with E-state index in [1.165, 1.54) is 61.3 Å². The number of rotatable bonds is 11. The molecule has 0 atom stereocenters. The molecule has 28 heavy (non-hydrogen) atoms. The van der Waals surface area contributed by atoms with Crippen LogP contribution >= 0.6 is 23.2 Å². The van der Waals surface area contributed by atoms with Crippen LogP contribution in [0.1, 0.15) is 57.4 Å². The van der Waals surface area contributed by atoms with E-state index in [2.05, 4.69) is 59.2 Å². The third-order valence-corrected chi connectivity index (χ3v) is 6.56. The fourth-order valence-electron chi connectivity index (χ4n) is 3.95. The standard InChI is InChI=1S/C24H32Cl2N2/c1-2-3-4-5-6-7-10-17-27-19-28(24(26)23(27)25)18-16-21-14-11-13-20-12-8-9-15-22(20)21/h8-9,11-15H,2-7,10,16-19H2,1H3. The van der Waals surface area contributed by atoms with E-state index in [-0.39, 0.29) is 0 Å². The summed E-state index contributed by atoms with van der Waals surface area (Å²) < 4.78 is 0. The Bertz CT molecular complexity index is 782. The summed E-state index contributed by atoms with van der Waals surface area (Å²) >= 11 is 13.1. The summed E-state index contributed by atoms with van der Waals surface area (Å²) in [5, 5.41) is 4.03. The predicted octanol–water partition coefficient (Wildman–Crippen LogP) is 7.31. The van der Waals surface area contributed by atoms with Crippen molar-refractivity contribution in [1.82, 2.24) is 9.80 Å². The van der Waals surface area contributed by atoms with Crippen molar-refractivity contribution in [3.63, 3.8) is 0 Å². The second-order valence-corrected chi connectivity index (χ2v) is 8.48. The second-order valence-electron chi connectivity index (χ2n) is 7.76. The molecule has 152 valence electrons. The van der Waals surface area contributed by atoms with Crippen molar-refractivity contribution in [2.45, 2.75) is 58.3 Å². The lowest BCUT2D eigenvalue weighted by molar-refractivity contribution is 0.256. The van der Waals surface area contributed by atoms with Crippen molar-refractivity contribution >= 4 is 34.0 Å². The summed E-state index contributed by atoms with van der Waals surface area (Å²) in [6.45, 7) is 4.94. The molecule has 0 unspecified atom stereocenters. The quantitative estimate of drug-likeness (QED) is 0.278. The molecular formula is C24H32Cl2N2. The Balaban J connectivity index is 1.47. The molecule has 0 fully saturated rings. The van der Waals surface area contributed by atoms with Gasteiger partial charge in [-0.15, -0.1) is 0 Å². The van der Waals surface area contributed by atoms with Gasteiger partial charge in [-0.2, -0.15) is 0 Å². The van der Waals surface area contributed by atoms with Crippen molar-refractivity contribution in [3.05, 3.63) is 58.3 Å². The van der Waals surface area contributed by atoms with E-state index in [0.29, 0.717) is 10.3 Å². The first-order chi connectivity index (χ1) is 13.7. The summed E-state index contributed by atoms with van der Waals surface area (Å²) in [6, 6.07) is 15.1. The lowest BCUT2D eigenvalue weighted by atomic mass is 10.0. The van der Waals surface area contributed by atoms with Gasteiger partial charge in [-0.3, -0.25) is 0 Å². The Morgan fingerprint density at radius 2 is 1.39 bits per heavy atom. The molecule has 0 spiro atoms. The minimum Gasteiger partial charge on any atom is -0.342 e. The molecule has 0 aliphatic carbocycles. The molecule has 0 amide bonds. The molecule has 0 saturated heterocycles. The molecule has 2 nitrogen and oxygen atoms in total. The Labute approximate surface area is 180 Å². The largest absolute Gasteiger partial charge is 0.342 e. The monoisotopic (exact) mass is 418 g/mol. The number of halogens is 2. The van der Waals surface area contributed by atoms with Crippen LogP contribution in [0.15, 0.2) is 52.8 Å². The molecule has 0 saturated carbocycles. The van der Waals surface area contributed by atoms with Gasteiger partial charge in [0.15, 0.2) is 0 Å². The highest BCUT2D eigenvalue weighted by Crippen LogP contribution is 2.30. The van der Waals surface area contributed by atoms with Gasteiger partial charge in [0.2, 0.25) is 0 Å². The molecular weight excluding hydrogens is 387 g/mol. The maximum Gasteiger partial charge on any atom is 0.141 e. The minimum atomic E-state index is 0.699. The summed E-state index contributed by atoms with van der Waals surface area (Å²) in [7, 11) is 0. The van der Waals surface area contributed by atoms with Crippen molar-refractivity contribution in [2.24, 2.45) is 0 Å². The zero-order valence-electron chi connectivity index (χ0n) is 17.0. The van der Waals surface area contributed by atoms with Gasteiger partial charge in [0.05, 0.1) is 6.67 Å². The minimum absolute atomic E-state index is 0.699. The lowest BCUT2D eigenvalue weighted by Gasteiger charge is -2.22. The van der Waals surface area contributed by atoms with Gasteiger partial charge in [-0.25, -0.2) is 0 Å². The van der Waals surface area contributed by atoms with Crippen molar-refractivity contribution in [3.8, 4) is 0 Å². The zero-order valence-corrected chi connectivity index (χ0v) is 18.5. The van der Waals surface area contributed by atoms with E-state index in [1.807, 2.05) is 0 Å². The van der Waals surface area contributed by atoms with Gasteiger partial charge in [0, 0.05) is 13.1 Å². The van der Waals surface area contributed by atoms with E-state index in [4.69, 9.17) is 23.2 Å². The summed E-state index contributed by atoms with van der Waals surface area (Å²) in [4.78, 5) is 4.42. The number of nitrogens with zero attached hydrogens (tertiary/aromatic N) is 2. The Morgan fingerprint density at radius 3 is 2.18 bits per heavy atom. The maximum atomic E-state index is 6.54.